The molecule has 0 amide bonds. The molecule has 2 N–H and O–H groups in total. The number of rotatable bonds is 1. The molecule has 0 bridgehead atoms. The van der Waals surface area contributed by atoms with Crippen molar-refractivity contribution in [1.82, 2.24) is 10.9 Å². The molecule has 0 saturated heterocycles. The van der Waals surface area contributed by atoms with Gasteiger partial charge in [0.1, 0.15) is 0 Å². The van der Waals surface area contributed by atoms with Gasteiger partial charge in [-0.2, -0.15) is 0 Å². The Balaban J connectivity index is 0. The van der Waals surface area contributed by atoms with Crippen LogP contribution in [0.1, 0.15) is 0 Å². The first-order valence-corrected chi connectivity index (χ1v) is 1.25. The van der Waals surface area contributed by atoms with E-state index in [0.717, 1.165) is 0 Å². The number of hydrazine groups is 1. The summed E-state index contributed by atoms with van der Waals surface area (Å²) >= 11 is 0. The second kappa shape index (κ2) is 8.82. The second-order valence-electron chi connectivity index (χ2n) is 0.500. The van der Waals surface area contributed by atoms with Crippen molar-refractivity contribution >= 4 is 18.9 Å². The van der Waals surface area contributed by atoms with E-state index in [1.807, 2.05) is 14.1 Å². The molecule has 0 aliphatic heterocycles. The molecule has 0 saturated carbocycles. The molecule has 0 aromatic carbocycles. The monoisotopic (exact) mass is 67.1 g/mol. The normalized spacial score (nSPS) is 6.00. The molecule has 1 radical (unpaired) electrons. The molecule has 5 heavy (non-hydrogen) atoms. The fraction of sp³-hybridized carbons (Fsp3) is 1.00. The molecule has 0 aromatic heterocycles. The van der Waals surface area contributed by atoms with Crippen LogP contribution in [-0.2, 0) is 0 Å². The first kappa shape index (κ1) is 9.10. The van der Waals surface area contributed by atoms with Crippen LogP contribution in [0.4, 0.5) is 0 Å². The first-order chi connectivity index (χ1) is 1.91. The maximum atomic E-state index is 2.68. The largest absolute Gasteiger partial charge is 0.261 e. The van der Waals surface area contributed by atoms with Gasteiger partial charge >= 0.3 is 0 Å². The summed E-state index contributed by atoms with van der Waals surface area (Å²) in [5.41, 5.74) is 5.36. The number of hydrogen-bond acceptors (Lipinski definition) is 2. The van der Waals surface area contributed by atoms with Gasteiger partial charge in [-0.05, 0) is 14.1 Å². The Kier molecular flexibility index (Phi) is 16.1. The SMILES string of the molecule is CNNC.[Li]. The number of nitrogens with one attached hydrogen (secondary N) is 2. The molecule has 0 aromatic rings. The fourth-order valence-corrected chi connectivity index (χ4v) is 0. The van der Waals surface area contributed by atoms with Crippen LogP contribution < -0.4 is 10.9 Å². The molecule has 0 aliphatic rings. The second-order valence-corrected chi connectivity index (χ2v) is 0.500. The van der Waals surface area contributed by atoms with E-state index in [0.29, 0.717) is 0 Å². The summed E-state index contributed by atoms with van der Waals surface area (Å²) in [7, 11) is 3.64. The molecule has 0 unspecified atom stereocenters. The van der Waals surface area contributed by atoms with E-state index in [2.05, 4.69) is 10.9 Å². The third-order valence-corrected chi connectivity index (χ3v) is 0.250. The maximum Gasteiger partial charge on any atom is 0 e. The molecule has 27 valence electrons. The third kappa shape index (κ3) is 12.4. The zero-order valence-electron chi connectivity index (χ0n) is 4.00. The van der Waals surface area contributed by atoms with E-state index in [1.54, 1.807) is 0 Å². The molecule has 0 rings (SSSR count). The van der Waals surface area contributed by atoms with Crippen LogP contribution in [0.2, 0.25) is 0 Å². The minimum absolute atomic E-state index is 0. The average molecular weight is 67.0 g/mol. The van der Waals surface area contributed by atoms with Crippen LogP contribution in [0.5, 0.6) is 0 Å². The van der Waals surface area contributed by atoms with Gasteiger partial charge in [0.15, 0.2) is 0 Å². The summed E-state index contributed by atoms with van der Waals surface area (Å²) in [4.78, 5) is 0. The fourth-order valence-electron chi connectivity index (χ4n) is 0. The predicted octanol–water partition coefficient (Wildman–Crippen LogP) is -1.04. The minimum atomic E-state index is 0. The van der Waals surface area contributed by atoms with Crippen molar-refractivity contribution in [1.29, 1.82) is 0 Å². The van der Waals surface area contributed by atoms with E-state index >= 15 is 0 Å². The molecule has 3 heteroatoms. The van der Waals surface area contributed by atoms with Gasteiger partial charge in [-0.15, -0.1) is 0 Å². The maximum absolute atomic E-state index is 2.68. The summed E-state index contributed by atoms with van der Waals surface area (Å²) in [6.07, 6.45) is 0. The molecule has 0 spiro atoms. The van der Waals surface area contributed by atoms with Gasteiger partial charge in [0.05, 0.1) is 0 Å². The van der Waals surface area contributed by atoms with Gasteiger partial charge in [0.2, 0.25) is 0 Å². The van der Waals surface area contributed by atoms with Gasteiger partial charge in [0.25, 0.3) is 0 Å². The molecule has 0 atom stereocenters. The molecule has 0 fully saturated rings. The average Bonchev–Trinajstić information content (AvgIpc) is 1.37. The van der Waals surface area contributed by atoms with Gasteiger partial charge in [-0.25, -0.2) is 0 Å². The Morgan fingerprint density at radius 2 is 1.20 bits per heavy atom. The van der Waals surface area contributed by atoms with E-state index < -0.39 is 0 Å². The van der Waals surface area contributed by atoms with Crippen LogP contribution >= 0.6 is 0 Å². The molecular weight excluding hydrogens is 59.0 g/mol. The van der Waals surface area contributed by atoms with E-state index in [-0.39, 0.29) is 18.9 Å². The van der Waals surface area contributed by atoms with Crippen LogP contribution in [-0.4, -0.2) is 33.0 Å². The summed E-state index contributed by atoms with van der Waals surface area (Å²) in [6, 6.07) is 0. The van der Waals surface area contributed by atoms with Crippen LogP contribution in [0.3, 0.4) is 0 Å². The van der Waals surface area contributed by atoms with Crippen molar-refractivity contribution in [2.45, 2.75) is 0 Å². The van der Waals surface area contributed by atoms with Crippen molar-refractivity contribution in [3.63, 3.8) is 0 Å². The van der Waals surface area contributed by atoms with Crippen molar-refractivity contribution in [3.05, 3.63) is 0 Å². The molecule has 0 aliphatic carbocycles. The van der Waals surface area contributed by atoms with Crippen molar-refractivity contribution in [3.8, 4) is 0 Å². The topological polar surface area (TPSA) is 24.1 Å². The Bertz CT molecular complexity index is 9.61. The quantitative estimate of drug-likeness (QED) is 0.302. The van der Waals surface area contributed by atoms with Gasteiger partial charge in [0, 0.05) is 18.9 Å². The Morgan fingerprint density at radius 1 is 1.00 bits per heavy atom. The van der Waals surface area contributed by atoms with Gasteiger partial charge in [-0.1, -0.05) is 0 Å². The van der Waals surface area contributed by atoms with Gasteiger partial charge in [-0.3, -0.25) is 10.9 Å². The van der Waals surface area contributed by atoms with E-state index in [1.165, 1.54) is 0 Å². The molecular formula is C2H8LiN2. The zero-order valence-corrected chi connectivity index (χ0v) is 4.00. The standard InChI is InChI=1S/C2H8N2.Li/c1-3-4-2;/h3-4H,1-2H3;. The molecule has 0 heterocycles. The van der Waals surface area contributed by atoms with Crippen LogP contribution in [0.15, 0.2) is 0 Å². The Hall–Kier alpha value is 0.517. The third-order valence-electron chi connectivity index (χ3n) is 0.250. The summed E-state index contributed by atoms with van der Waals surface area (Å²) in [5, 5.41) is 0. The van der Waals surface area contributed by atoms with E-state index in [9.17, 15) is 0 Å². The Morgan fingerprint density at radius 3 is 1.20 bits per heavy atom. The summed E-state index contributed by atoms with van der Waals surface area (Å²) in [6.45, 7) is 0. The van der Waals surface area contributed by atoms with E-state index in [4.69, 9.17) is 0 Å². The van der Waals surface area contributed by atoms with Crippen molar-refractivity contribution < 1.29 is 0 Å². The Labute approximate surface area is 44.5 Å². The summed E-state index contributed by atoms with van der Waals surface area (Å²) < 4.78 is 0. The smallest absolute Gasteiger partial charge is 0 e. The zero-order chi connectivity index (χ0) is 3.41. The molecule has 2 nitrogen and oxygen atoms in total. The van der Waals surface area contributed by atoms with Crippen molar-refractivity contribution in [2.24, 2.45) is 0 Å². The number of hydrogen-bond donors (Lipinski definition) is 2. The summed E-state index contributed by atoms with van der Waals surface area (Å²) in [5.74, 6) is 0. The minimum Gasteiger partial charge on any atom is -0.261 e. The predicted molar refractivity (Wildman–Crippen MR) is 23.9 cm³/mol. The van der Waals surface area contributed by atoms with Crippen molar-refractivity contribution in [2.75, 3.05) is 14.1 Å². The van der Waals surface area contributed by atoms with Crippen LogP contribution in [0.25, 0.3) is 0 Å². The van der Waals surface area contributed by atoms with Crippen LogP contribution in [0, 0.1) is 0 Å². The first-order valence-electron chi connectivity index (χ1n) is 1.25. The van der Waals surface area contributed by atoms with Gasteiger partial charge < -0.3 is 0 Å².